The molecule has 1 fully saturated rings. The Balaban J connectivity index is 1.46. The summed E-state index contributed by atoms with van der Waals surface area (Å²) in [5, 5.41) is 11.6. The van der Waals surface area contributed by atoms with Gasteiger partial charge < -0.3 is 19.5 Å². The fourth-order valence-corrected chi connectivity index (χ4v) is 4.82. The Morgan fingerprint density at radius 2 is 1.83 bits per heavy atom. The van der Waals surface area contributed by atoms with Gasteiger partial charge in [-0.25, -0.2) is 4.98 Å². The van der Waals surface area contributed by atoms with Gasteiger partial charge in [0.05, 0.1) is 33.2 Å². The van der Waals surface area contributed by atoms with Crippen LogP contribution >= 0.6 is 0 Å². The Bertz CT molecular complexity index is 932. The van der Waals surface area contributed by atoms with E-state index in [1.807, 2.05) is 12.1 Å². The minimum atomic E-state index is 0.453. The molecule has 0 saturated heterocycles. The number of anilines is 1. The van der Waals surface area contributed by atoms with Crippen molar-refractivity contribution in [2.24, 2.45) is 17.3 Å². The van der Waals surface area contributed by atoms with Crippen molar-refractivity contribution in [2.75, 3.05) is 33.2 Å². The van der Waals surface area contributed by atoms with E-state index in [4.69, 9.17) is 14.2 Å². The third-order valence-electron chi connectivity index (χ3n) is 6.80. The van der Waals surface area contributed by atoms with Crippen molar-refractivity contribution < 1.29 is 14.2 Å². The lowest BCUT2D eigenvalue weighted by atomic mass is 9.48. The number of rotatable bonds is 8. The van der Waals surface area contributed by atoms with Crippen molar-refractivity contribution in [3.63, 3.8) is 0 Å². The maximum Gasteiger partial charge on any atom is 0.243 e. The number of ether oxygens (including phenoxy) is 3. The molecular weight excluding hydrogens is 380 g/mol. The molecule has 1 aromatic heterocycles. The molecule has 0 unspecified atom stereocenters. The molecule has 160 valence electrons. The quantitative estimate of drug-likeness (QED) is 0.648. The summed E-state index contributed by atoms with van der Waals surface area (Å²) >= 11 is 0. The smallest absolute Gasteiger partial charge is 0.243 e. The van der Waals surface area contributed by atoms with E-state index >= 15 is 0 Å². The van der Waals surface area contributed by atoms with Gasteiger partial charge in [0.25, 0.3) is 0 Å². The zero-order chi connectivity index (χ0) is 21.3. The molecule has 2 aromatic rings. The van der Waals surface area contributed by atoms with Crippen LogP contribution in [0.3, 0.4) is 0 Å². The Kier molecular flexibility index (Phi) is 5.54. The topological polar surface area (TPSA) is 78.4 Å². The van der Waals surface area contributed by atoms with Crippen molar-refractivity contribution in [2.45, 2.75) is 33.1 Å². The van der Waals surface area contributed by atoms with Crippen molar-refractivity contribution in [3.8, 4) is 28.5 Å². The largest absolute Gasteiger partial charge is 0.493 e. The first-order valence-corrected chi connectivity index (χ1v) is 10.4. The summed E-state index contributed by atoms with van der Waals surface area (Å²) in [6.07, 6.45) is 7.64. The van der Waals surface area contributed by atoms with Crippen molar-refractivity contribution >= 4 is 5.95 Å². The third-order valence-corrected chi connectivity index (χ3v) is 6.80. The predicted molar refractivity (Wildman–Crippen MR) is 116 cm³/mol. The molecule has 3 aliphatic rings. The standard InChI is InChI=1S/C23H30N4O3/c1-23(2)16-7-6-14(17(23)12-16)8-9-24-22-26-18(13-25-27-22)15-10-19(28-3)21(30-5)20(11-15)29-4/h6,10-11,13,16-17H,7-9,12H2,1-5H3,(H,24,26,27)/t16-,17-/m0/s1. The first-order chi connectivity index (χ1) is 14.5. The molecule has 30 heavy (non-hydrogen) atoms. The van der Waals surface area contributed by atoms with Gasteiger partial charge in [0.15, 0.2) is 11.5 Å². The second-order valence-electron chi connectivity index (χ2n) is 8.58. The zero-order valence-corrected chi connectivity index (χ0v) is 18.4. The van der Waals surface area contributed by atoms with E-state index in [2.05, 4.69) is 40.4 Å². The lowest BCUT2D eigenvalue weighted by Gasteiger charge is -2.56. The molecular formula is C23H30N4O3. The number of fused-ring (bicyclic) bond motifs is 1. The summed E-state index contributed by atoms with van der Waals surface area (Å²) in [5.74, 6) is 3.80. The van der Waals surface area contributed by atoms with E-state index in [0.717, 1.165) is 30.4 Å². The SMILES string of the molecule is COc1cc(-c2cnnc(NCCC3=CC[C@H]4C[C@@H]3C4(C)C)n2)cc(OC)c1OC. The van der Waals surface area contributed by atoms with Crippen LogP contribution in [0.15, 0.2) is 30.0 Å². The normalized spacial score (nSPS) is 21.3. The highest BCUT2D eigenvalue weighted by atomic mass is 16.5. The summed E-state index contributed by atoms with van der Waals surface area (Å²) < 4.78 is 16.3. The van der Waals surface area contributed by atoms with E-state index in [1.165, 1.54) is 12.8 Å². The first-order valence-electron chi connectivity index (χ1n) is 10.4. The lowest BCUT2D eigenvalue weighted by molar-refractivity contribution is -0.00789. The minimum absolute atomic E-state index is 0.453. The number of aromatic nitrogens is 3. The molecule has 0 aliphatic heterocycles. The fourth-order valence-electron chi connectivity index (χ4n) is 4.82. The number of nitrogens with zero attached hydrogens (tertiary/aromatic N) is 3. The average Bonchev–Trinajstić information content (AvgIpc) is 2.78. The van der Waals surface area contributed by atoms with Gasteiger partial charge in [0.2, 0.25) is 11.7 Å². The molecule has 1 heterocycles. The van der Waals surface area contributed by atoms with E-state index in [1.54, 1.807) is 33.1 Å². The predicted octanol–water partition coefficient (Wildman–Crippen LogP) is 4.36. The summed E-state index contributed by atoms with van der Waals surface area (Å²) in [7, 11) is 4.77. The van der Waals surface area contributed by atoms with Gasteiger partial charge >= 0.3 is 0 Å². The van der Waals surface area contributed by atoms with Crippen molar-refractivity contribution in [3.05, 3.63) is 30.0 Å². The molecule has 1 aromatic carbocycles. The lowest BCUT2D eigenvalue weighted by Crippen LogP contribution is -2.48. The number of allylic oxidation sites excluding steroid dienone is 1. The van der Waals surface area contributed by atoms with Crippen LogP contribution in [0.1, 0.15) is 33.1 Å². The van der Waals surface area contributed by atoms with Crippen LogP contribution in [0.25, 0.3) is 11.3 Å². The van der Waals surface area contributed by atoms with Crippen LogP contribution < -0.4 is 19.5 Å². The van der Waals surface area contributed by atoms with Crippen molar-refractivity contribution in [1.29, 1.82) is 0 Å². The number of benzene rings is 1. The second-order valence-corrected chi connectivity index (χ2v) is 8.58. The van der Waals surface area contributed by atoms with Crippen molar-refractivity contribution in [1.82, 2.24) is 15.2 Å². The molecule has 1 saturated carbocycles. The van der Waals surface area contributed by atoms with Gasteiger partial charge in [-0.3, -0.25) is 0 Å². The van der Waals surface area contributed by atoms with Crippen LogP contribution in [-0.4, -0.2) is 43.1 Å². The monoisotopic (exact) mass is 410 g/mol. The maximum absolute atomic E-state index is 5.44. The zero-order valence-electron chi connectivity index (χ0n) is 18.4. The molecule has 5 rings (SSSR count). The molecule has 2 atom stereocenters. The van der Waals surface area contributed by atoms with Crippen LogP contribution in [0.2, 0.25) is 0 Å². The maximum atomic E-state index is 5.44. The van der Waals surface area contributed by atoms with Crippen LogP contribution in [0.5, 0.6) is 17.2 Å². The van der Waals surface area contributed by atoms with Gasteiger partial charge in [-0.05, 0) is 48.6 Å². The summed E-state index contributed by atoms with van der Waals surface area (Å²) in [6, 6.07) is 3.72. The third kappa shape index (κ3) is 3.57. The molecule has 2 bridgehead atoms. The molecule has 0 radical (unpaired) electrons. The van der Waals surface area contributed by atoms with Gasteiger partial charge in [0.1, 0.15) is 0 Å². The van der Waals surface area contributed by atoms with E-state index in [9.17, 15) is 0 Å². The highest BCUT2D eigenvalue weighted by Crippen LogP contribution is 2.59. The number of nitrogens with one attached hydrogen (secondary N) is 1. The van der Waals surface area contributed by atoms with Gasteiger partial charge in [0, 0.05) is 12.1 Å². The van der Waals surface area contributed by atoms with Gasteiger partial charge in [-0.15, -0.1) is 5.10 Å². The van der Waals surface area contributed by atoms with Crippen LogP contribution in [0.4, 0.5) is 5.95 Å². The Labute approximate surface area is 177 Å². The second kappa shape index (κ2) is 8.13. The van der Waals surface area contributed by atoms with Gasteiger partial charge in [-0.2, -0.15) is 5.10 Å². The van der Waals surface area contributed by atoms with E-state index < -0.39 is 0 Å². The summed E-state index contributed by atoms with van der Waals surface area (Å²) in [6.45, 7) is 5.60. The molecule has 1 N–H and O–H groups in total. The minimum Gasteiger partial charge on any atom is -0.493 e. The molecule has 3 aliphatic carbocycles. The number of hydrogen-bond donors (Lipinski definition) is 1. The Hall–Kier alpha value is -2.83. The van der Waals surface area contributed by atoms with Crippen LogP contribution in [0, 0.1) is 17.3 Å². The highest BCUT2D eigenvalue weighted by molar-refractivity contribution is 5.68. The molecule has 0 amide bonds. The van der Waals surface area contributed by atoms with Crippen LogP contribution in [-0.2, 0) is 0 Å². The van der Waals surface area contributed by atoms with Gasteiger partial charge in [-0.1, -0.05) is 25.5 Å². The summed E-state index contributed by atoms with van der Waals surface area (Å²) in [5.41, 5.74) is 3.53. The molecule has 0 spiro atoms. The summed E-state index contributed by atoms with van der Waals surface area (Å²) in [4.78, 5) is 4.63. The Morgan fingerprint density at radius 1 is 1.10 bits per heavy atom. The van der Waals surface area contributed by atoms with E-state index in [-0.39, 0.29) is 0 Å². The van der Waals surface area contributed by atoms with E-state index in [0.29, 0.717) is 34.3 Å². The first kappa shape index (κ1) is 20.4. The average molecular weight is 411 g/mol. The molecule has 7 heteroatoms. The fraction of sp³-hybridized carbons (Fsp3) is 0.522. The highest BCUT2D eigenvalue weighted by Gasteiger charge is 2.50. The number of hydrogen-bond acceptors (Lipinski definition) is 7. The number of methoxy groups -OCH3 is 3. The molecule has 7 nitrogen and oxygen atoms in total. The Morgan fingerprint density at radius 3 is 2.43 bits per heavy atom.